The lowest BCUT2D eigenvalue weighted by atomic mass is 10.3. The first-order valence-electron chi connectivity index (χ1n) is 4.91. The van der Waals surface area contributed by atoms with Crippen LogP contribution in [0.25, 0.3) is 0 Å². The van der Waals surface area contributed by atoms with Crippen molar-refractivity contribution in [1.82, 2.24) is 4.98 Å². The molecule has 0 fully saturated rings. The van der Waals surface area contributed by atoms with E-state index in [1.54, 1.807) is 19.4 Å². The van der Waals surface area contributed by atoms with Gasteiger partial charge in [0.1, 0.15) is 11.6 Å². The number of anilines is 2. The zero-order valence-corrected chi connectivity index (χ0v) is 10.6. The lowest BCUT2D eigenvalue weighted by Gasteiger charge is -2.08. The van der Waals surface area contributed by atoms with Crippen molar-refractivity contribution in [2.24, 2.45) is 0 Å². The van der Waals surface area contributed by atoms with Gasteiger partial charge in [-0.15, -0.1) is 0 Å². The summed E-state index contributed by atoms with van der Waals surface area (Å²) < 4.78 is 5.07. The van der Waals surface area contributed by atoms with Crippen molar-refractivity contribution in [3.8, 4) is 5.75 Å². The molecule has 0 aliphatic carbocycles. The number of aromatic nitrogens is 1. The van der Waals surface area contributed by atoms with E-state index < -0.39 is 0 Å². The van der Waals surface area contributed by atoms with Crippen LogP contribution in [0.15, 0.2) is 36.5 Å². The van der Waals surface area contributed by atoms with Gasteiger partial charge in [-0.1, -0.05) is 23.2 Å². The molecule has 2 aromatic rings. The van der Waals surface area contributed by atoms with Gasteiger partial charge in [0, 0.05) is 11.9 Å². The summed E-state index contributed by atoms with van der Waals surface area (Å²) in [6, 6.07) is 9.11. The first kappa shape index (κ1) is 12.0. The van der Waals surface area contributed by atoms with Gasteiger partial charge in [0.2, 0.25) is 0 Å². The highest BCUT2D eigenvalue weighted by Gasteiger charge is 2.03. The Kier molecular flexibility index (Phi) is 3.71. The maximum absolute atomic E-state index is 6.00. The smallest absolute Gasteiger partial charge is 0.149 e. The second kappa shape index (κ2) is 5.25. The molecule has 0 aliphatic rings. The second-order valence-electron chi connectivity index (χ2n) is 3.34. The van der Waals surface area contributed by atoms with Crippen molar-refractivity contribution in [1.29, 1.82) is 0 Å². The van der Waals surface area contributed by atoms with Crippen molar-refractivity contribution in [3.05, 3.63) is 46.6 Å². The number of ether oxygens (including phenoxy) is 1. The fraction of sp³-hybridized carbons (Fsp3) is 0.0833. The summed E-state index contributed by atoms with van der Waals surface area (Å²) in [5.74, 6) is 1.37. The van der Waals surface area contributed by atoms with Crippen molar-refractivity contribution in [3.63, 3.8) is 0 Å². The van der Waals surface area contributed by atoms with Crippen LogP contribution in [0, 0.1) is 0 Å². The molecule has 3 nitrogen and oxygen atoms in total. The molecule has 5 heteroatoms. The number of nitrogens with one attached hydrogen (secondary N) is 1. The van der Waals surface area contributed by atoms with E-state index in [2.05, 4.69) is 10.3 Å². The van der Waals surface area contributed by atoms with E-state index in [0.717, 1.165) is 11.4 Å². The summed E-state index contributed by atoms with van der Waals surface area (Å²) in [5.41, 5.74) is 0.877. The number of benzene rings is 1. The van der Waals surface area contributed by atoms with Crippen LogP contribution in [0.1, 0.15) is 0 Å². The summed E-state index contributed by atoms with van der Waals surface area (Å²) >= 11 is 11.8. The number of hydrogen-bond donors (Lipinski definition) is 1. The highest BCUT2D eigenvalue weighted by Crippen LogP contribution is 2.26. The predicted molar refractivity (Wildman–Crippen MR) is 70.5 cm³/mol. The van der Waals surface area contributed by atoms with E-state index >= 15 is 0 Å². The van der Waals surface area contributed by atoms with Gasteiger partial charge in [-0.2, -0.15) is 0 Å². The van der Waals surface area contributed by atoms with Gasteiger partial charge in [-0.05, 0) is 30.3 Å². The van der Waals surface area contributed by atoms with E-state index in [1.807, 2.05) is 24.3 Å². The molecule has 2 rings (SSSR count). The molecule has 0 spiro atoms. The van der Waals surface area contributed by atoms with Gasteiger partial charge in [0.05, 0.1) is 17.2 Å². The van der Waals surface area contributed by atoms with Crippen LogP contribution in [0.4, 0.5) is 11.5 Å². The highest BCUT2D eigenvalue weighted by molar-refractivity contribution is 6.36. The van der Waals surface area contributed by atoms with Crippen molar-refractivity contribution < 1.29 is 4.74 Å². The van der Waals surface area contributed by atoms with E-state index in [-0.39, 0.29) is 0 Å². The first-order valence-corrected chi connectivity index (χ1v) is 5.67. The minimum absolute atomic E-state index is 0.480. The Balaban J connectivity index is 2.19. The summed E-state index contributed by atoms with van der Waals surface area (Å²) in [6.07, 6.45) is 1.54. The Morgan fingerprint density at radius 2 is 1.88 bits per heavy atom. The number of rotatable bonds is 3. The summed E-state index contributed by atoms with van der Waals surface area (Å²) in [6.45, 7) is 0. The summed E-state index contributed by atoms with van der Waals surface area (Å²) in [7, 11) is 1.63. The van der Waals surface area contributed by atoms with Gasteiger partial charge < -0.3 is 10.1 Å². The zero-order chi connectivity index (χ0) is 12.3. The number of nitrogens with zero attached hydrogens (tertiary/aromatic N) is 1. The molecular weight excluding hydrogens is 259 g/mol. The molecule has 17 heavy (non-hydrogen) atoms. The Hall–Kier alpha value is -1.45. The van der Waals surface area contributed by atoms with Crippen LogP contribution >= 0.6 is 23.2 Å². The van der Waals surface area contributed by atoms with Crippen LogP contribution < -0.4 is 10.1 Å². The van der Waals surface area contributed by atoms with E-state index in [4.69, 9.17) is 27.9 Å². The molecule has 1 heterocycles. The molecular formula is C12H10Cl2N2O. The highest BCUT2D eigenvalue weighted by atomic mass is 35.5. The van der Waals surface area contributed by atoms with E-state index in [9.17, 15) is 0 Å². The van der Waals surface area contributed by atoms with Gasteiger partial charge in [0.15, 0.2) is 0 Å². The number of halogens is 2. The Morgan fingerprint density at radius 1 is 1.18 bits per heavy atom. The van der Waals surface area contributed by atoms with Crippen LogP contribution in [-0.4, -0.2) is 12.1 Å². The number of hydrogen-bond acceptors (Lipinski definition) is 3. The van der Waals surface area contributed by atoms with Crippen LogP contribution in [0.3, 0.4) is 0 Å². The Labute approximate surface area is 109 Å². The van der Waals surface area contributed by atoms with Crippen LogP contribution in [0.2, 0.25) is 10.0 Å². The first-order chi connectivity index (χ1) is 8.19. The predicted octanol–water partition coefficient (Wildman–Crippen LogP) is 4.14. The third kappa shape index (κ3) is 3.02. The van der Waals surface area contributed by atoms with Gasteiger partial charge in [0.25, 0.3) is 0 Å². The fourth-order valence-electron chi connectivity index (χ4n) is 1.32. The molecule has 0 radical (unpaired) electrons. The quantitative estimate of drug-likeness (QED) is 0.909. The largest absolute Gasteiger partial charge is 0.497 e. The SMILES string of the molecule is COc1ccc(Nc2ncc(Cl)cc2Cl)cc1. The average molecular weight is 269 g/mol. The van der Waals surface area contributed by atoms with E-state index in [1.165, 1.54) is 0 Å². The van der Waals surface area contributed by atoms with Crippen molar-refractivity contribution in [2.75, 3.05) is 12.4 Å². The van der Waals surface area contributed by atoms with E-state index in [0.29, 0.717) is 15.9 Å². The molecule has 1 aromatic carbocycles. The lowest BCUT2D eigenvalue weighted by molar-refractivity contribution is 0.415. The maximum Gasteiger partial charge on any atom is 0.149 e. The van der Waals surface area contributed by atoms with Crippen LogP contribution in [-0.2, 0) is 0 Å². The molecule has 0 atom stereocenters. The summed E-state index contributed by atoms with van der Waals surface area (Å²) in [4.78, 5) is 4.11. The van der Waals surface area contributed by atoms with Gasteiger partial charge in [-0.3, -0.25) is 0 Å². The minimum atomic E-state index is 0.480. The third-order valence-corrected chi connectivity index (χ3v) is 2.66. The molecule has 1 aromatic heterocycles. The van der Waals surface area contributed by atoms with Crippen molar-refractivity contribution >= 4 is 34.7 Å². The Bertz CT molecular complexity index is 514. The molecule has 0 amide bonds. The molecule has 0 saturated carbocycles. The molecule has 0 saturated heterocycles. The standard InChI is InChI=1S/C12H10Cl2N2O/c1-17-10-4-2-9(3-5-10)16-12-11(14)6-8(13)7-15-12/h2-7H,1H3,(H,15,16). The fourth-order valence-corrected chi connectivity index (χ4v) is 1.74. The monoisotopic (exact) mass is 268 g/mol. The minimum Gasteiger partial charge on any atom is -0.497 e. The zero-order valence-electron chi connectivity index (χ0n) is 9.08. The molecule has 88 valence electrons. The molecule has 0 aliphatic heterocycles. The average Bonchev–Trinajstić information content (AvgIpc) is 2.34. The number of methoxy groups -OCH3 is 1. The Morgan fingerprint density at radius 3 is 2.47 bits per heavy atom. The van der Waals surface area contributed by atoms with Crippen LogP contribution in [0.5, 0.6) is 5.75 Å². The summed E-state index contributed by atoms with van der Waals surface area (Å²) in [5, 5.41) is 4.08. The third-order valence-electron chi connectivity index (χ3n) is 2.16. The van der Waals surface area contributed by atoms with Gasteiger partial charge >= 0.3 is 0 Å². The van der Waals surface area contributed by atoms with Gasteiger partial charge in [-0.25, -0.2) is 4.98 Å². The maximum atomic E-state index is 6.00. The number of pyridine rings is 1. The molecule has 1 N–H and O–H groups in total. The second-order valence-corrected chi connectivity index (χ2v) is 4.18. The lowest BCUT2D eigenvalue weighted by Crippen LogP contribution is -1.94. The topological polar surface area (TPSA) is 34.1 Å². The van der Waals surface area contributed by atoms with Crippen molar-refractivity contribution in [2.45, 2.75) is 0 Å². The molecule has 0 bridgehead atoms. The normalized spacial score (nSPS) is 10.1. The molecule has 0 unspecified atom stereocenters.